The molecule has 0 heterocycles. The van der Waals surface area contributed by atoms with Gasteiger partial charge in [0.15, 0.2) is 0 Å². The van der Waals surface area contributed by atoms with Crippen LogP contribution in [0.2, 0.25) is 0 Å². The van der Waals surface area contributed by atoms with E-state index in [-0.39, 0.29) is 10.8 Å². The molecule has 0 saturated carbocycles. The number of fused-ring (bicyclic) bond motifs is 8. The van der Waals surface area contributed by atoms with E-state index in [1.165, 1.54) is 77.2 Å². The molecule has 344 valence electrons. The fourth-order valence-corrected chi connectivity index (χ4v) is 11.8. The molecule has 72 heavy (non-hydrogen) atoms. The van der Waals surface area contributed by atoms with Crippen molar-refractivity contribution in [2.24, 2.45) is 0 Å². The Labute approximate surface area is 423 Å². The monoisotopic (exact) mass is 922 g/mol. The minimum Gasteiger partial charge on any atom is -0.310 e. The van der Waals surface area contributed by atoms with Crippen molar-refractivity contribution in [1.82, 2.24) is 0 Å². The van der Waals surface area contributed by atoms with Gasteiger partial charge in [0.25, 0.3) is 0 Å². The first-order chi connectivity index (χ1) is 35.2. The lowest BCUT2D eigenvalue weighted by atomic mass is 9.82. The van der Waals surface area contributed by atoms with Gasteiger partial charge in [-0.3, -0.25) is 0 Å². The molecule has 2 heteroatoms. The zero-order valence-corrected chi connectivity index (χ0v) is 41.1. The van der Waals surface area contributed by atoms with Crippen LogP contribution in [0.5, 0.6) is 0 Å². The Morgan fingerprint density at radius 3 is 1.11 bits per heavy atom. The average Bonchev–Trinajstić information content (AvgIpc) is 3.80. The molecule has 0 unspecified atom stereocenters. The predicted molar refractivity (Wildman–Crippen MR) is 307 cm³/mol. The van der Waals surface area contributed by atoms with E-state index in [9.17, 15) is 0 Å². The maximum Gasteiger partial charge on any atom is 0.0540 e. The molecule has 2 aliphatic rings. The van der Waals surface area contributed by atoms with Crippen LogP contribution in [0.4, 0.5) is 34.1 Å². The van der Waals surface area contributed by atoms with E-state index in [0.29, 0.717) is 0 Å². The van der Waals surface area contributed by atoms with Crippen LogP contribution in [0.15, 0.2) is 243 Å². The van der Waals surface area contributed by atoms with Gasteiger partial charge in [0, 0.05) is 44.4 Å². The van der Waals surface area contributed by atoms with Gasteiger partial charge in [-0.1, -0.05) is 222 Å². The van der Waals surface area contributed by atoms with Crippen molar-refractivity contribution in [1.29, 1.82) is 0 Å². The van der Waals surface area contributed by atoms with E-state index in [4.69, 9.17) is 0 Å². The maximum absolute atomic E-state index is 2.43. The first-order valence-corrected chi connectivity index (χ1v) is 25.2. The summed E-state index contributed by atoms with van der Waals surface area (Å²) in [4.78, 5) is 4.86. The van der Waals surface area contributed by atoms with Crippen molar-refractivity contribution in [2.75, 3.05) is 9.80 Å². The van der Waals surface area contributed by atoms with Crippen molar-refractivity contribution >= 4 is 67.8 Å². The third-order valence-electron chi connectivity index (χ3n) is 15.7. The van der Waals surface area contributed by atoms with E-state index in [1.807, 2.05) is 0 Å². The second kappa shape index (κ2) is 17.0. The van der Waals surface area contributed by atoms with Crippen molar-refractivity contribution in [3.63, 3.8) is 0 Å². The molecule has 0 amide bonds. The second-order valence-electron chi connectivity index (χ2n) is 20.6. The lowest BCUT2D eigenvalue weighted by Crippen LogP contribution is -2.16. The summed E-state index contributed by atoms with van der Waals surface area (Å²) in [6.45, 7) is 9.42. The number of benzene rings is 11. The van der Waals surface area contributed by atoms with Gasteiger partial charge in [-0.05, 0) is 138 Å². The van der Waals surface area contributed by atoms with Gasteiger partial charge in [0.1, 0.15) is 0 Å². The van der Waals surface area contributed by atoms with Gasteiger partial charge >= 0.3 is 0 Å². The molecular formula is C70H54N2. The Morgan fingerprint density at radius 1 is 0.292 bits per heavy atom. The minimum atomic E-state index is -0.0988. The van der Waals surface area contributed by atoms with Crippen LogP contribution in [-0.4, -0.2) is 0 Å². The molecule has 0 bridgehead atoms. The zero-order valence-electron chi connectivity index (χ0n) is 41.1. The molecule has 2 nitrogen and oxygen atoms in total. The van der Waals surface area contributed by atoms with Crippen LogP contribution in [0, 0.1) is 0 Å². The highest BCUT2D eigenvalue weighted by atomic mass is 15.1. The molecular weight excluding hydrogens is 869 g/mol. The van der Waals surface area contributed by atoms with E-state index >= 15 is 0 Å². The van der Waals surface area contributed by atoms with Crippen molar-refractivity contribution in [3.05, 3.63) is 276 Å². The SMILES string of the molecule is CC1(C)c2ccccc2-c2ccc(N(c3ccc(C=Cc4ccc(-c5ccc(N(c6ccc7c(c6)C(C)(C)c6ccccc6-7)c6cccc7ccccc67)cc5)cc4)cc3)c3cccc4ccccc34)cc21. The summed E-state index contributed by atoms with van der Waals surface area (Å²) < 4.78 is 0. The maximum atomic E-state index is 2.43. The average molecular weight is 923 g/mol. The molecule has 0 atom stereocenters. The predicted octanol–water partition coefficient (Wildman–Crippen LogP) is 19.4. The fourth-order valence-electron chi connectivity index (χ4n) is 11.8. The summed E-state index contributed by atoms with van der Waals surface area (Å²) in [5, 5.41) is 4.89. The second-order valence-corrected chi connectivity index (χ2v) is 20.6. The molecule has 2 aliphatic carbocycles. The van der Waals surface area contributed by atoms with Crippen LogP contribution in [0.25, 0.3) is 67.1 Å². The molecule has 0 aliphatic heterocycles. The summed E-state index contributed by atoms with van der Waals surface area (Å²) in [5.41, 5.74) is 22.2. The topological polar surface area (TPSA) is 6.48 Å². The molecule has 0 aromatic heterocycles. The Kier molecular flexibility index (Phi) is 10.2. The van der Waals surface area contributed by atoms with Crippen LogP contribution in [0.1, 0.15) is 61.1 Å². The molecule has 0 fully saturated rings. The van der Waals surface area contributed by atoms with Crippen LogP contribution < -0.4 is 9.80 Å². The van der Waals surface area contributed by atoms with Gasteiger partial charge in [-0.15, -0.1) is 0 Å². The Morgan fingerprint density at radius 2 is 0.639 bits per heavy atom. The van der Waals surface area contributed by atoms with E-state index < -0.39 is 0 Å². The number of nitrogens with zero attached hydrogens (tertiary/aromatic N) is 2. The fraction of sp³-hybridized carbons (Fsp3) is 0.0857. The highest BCUT2D eigenvalue weighted by Crippen LogP contribution is 2.53. The highest BCUT2D eigenvalue weighted by molar-refractivity contribution is 6.01. The summed E-state index contributed by atoms with van der Waals surface area (Å²) in [6.07, 6.45) is 4.43. The minimum absolute atomic E-state index is 0.0972. The summed E-state index contributed by atoms with van der Waals surface area (Å²) in [6, 6.07) is 89.4. The van der Waals surface area contributed by atoms with E-state index in [1.54, 1.807) is 0 Å². The number of rotatable bonds is 9. The Hall–Kier alpha value is -8.72. The largest absolute Gasteiger partial charge is 0.310 e. The highest BCUT2D eigenvalue weighted by Gasteiger charge is 2.37. The van der Waals surface area contributed by atoms with Crippen molar-refractivity contribution < 1.29 is 0 Å². The summed E-state index contributed by atoms with van der Waals surface area (Å²) in [5.74, 6) is 0. The molecule has 13 rings (SSSR count). The molecule has 11 aromatic rings. The van der Waals surface area contributed by atoms with Gasteiger partial charge in [0.05, 0.1) is 11.4 Å². The van der Waals surface area contributed by atoms with Crippen molar-refractivity contribution in [2.45, 2.75) is 38.5 Å². The van der Waals surface area contributed by atoms with Crippen molar-refractivity contribution in [3.8, 4) is 33.4 Å². The standard InChI is InChI=1S/C70H54N2/c1-69(2)63-23-11-9-21-59(63)61-43-41-55(45-65(61)69)71(67-25-13-17-51-15-5-7-19-57(51)67)53-37-31-48(32-38-53)28-27-47-29-33-49(34-30-47)50-35-39-54(40-36-50)72(68-26-14-18-52-16-6-8-20-58(52)68)56-42-44-62-60-22-10-12-24-64(60)70(3,4)66(62)46-56/h5-46H,1-4H3. The normalized spacial score (nSPS) is 13.7. The zero-order chi connectivity index (χ0) is 48.6. The molecule has 11 aromatic carbocycles. The third-order valence-corrected chi connectivity index (χ3v) is 15.7. The number of anilines is 6. The number of hydrogen-bond donors (Lipinski definition) is 0. The molecule has 0 radical (unpaired) electrons. The van der Waals surface area contributed by atoms with Crippen LogP contribution in [-0.2, 0) is 10.8 Å². The summed E-state index contributed by atoms with van der Waals surface area (Å²) >= 11 is 0. The van der Waals surface area contributed by atoms with Gasteiger partial charge in [-0.2, -0.15) is 0 Å². The third kappa shape index (κ3) is 7.17. The smallest absolute Gasteiger partial charge is 0.0540 e. The Bertz CT molecular complexity index is 3900. The van der Waals surface area contributed by atoms with E-state index in [2.05, 4.69) is 292 Å². The summed E-state index contributed by atoms with van der Waals surface area (Å²) in [7, 11) is 0. The van der Waals surface area contributed by atoms with Gasteiger partial charge in [-0.25, -0.2) is 0 Å². The lowest BCUT2D eigenvalue weighted by Gasteiger charge is -2.29. The molecule has 0 saturated heterocycles. The lowest BCUT2D eigenvalue weighted by molar-refractivity contribution is 0.660. The van der Waals surface area contributed by atoms with Crippen LogP contribution >= 0.6 is 0 Å². The first kappa shape index (κ1) is 43.3. The first-order valence-electron chi connectivity index (χ1n) is 25.2. The molecule has 0 spiro atoms. The van der Waals surface area contributed by atoms with Gasteiger partial charge in [0.2, 0.25) is 0 Å². The molecule has 0 N–H and O–H groups in total. The number of hydrogen-bond acceptors (Lipinski definition) is 2. The quantitative estimate of drug-likeness (QED) is 0.133. The Balaban J connectivity index is 0.780. The van der Waals surface area contributed by atoms with Gasteiger partial charge < -0.3 is 9.80 Å². The van der Waals surface area contributed by atoms with E-state index in [0.717, 1.165) is 45.3 Å². The van der Waals surface area contributed by atoms with Crippen LogP contribution in [0.3, 0.4) is 0 Å².